The van der Waals surface area contributed by atoms with Crippen molar-refractivity contribution in [1.29, 1.82) is 0 Å². The molecule has 3 rings (SSSR count). The Kier molecular flexibility index (Phi) is 8.07. The summed E-state index contributed by atoms with van der Waals surface area (Å²) in [5, 5.41) is 13.0. The molecule has 2 amide bonds. The minimum Gasteiger partial charge on any atom is -0.489 e. The first-order chi connectivity index (χ1) is 15.7. The molecule has 0 spiro atoms. The van der Waals surface area contributed by atoms with Crippen LogP contribution in [0.25, 0.3) is 0 Å². The van der Waals surface area contributed by atoms with Crippen molar-refractivity contribution < 1.29 is 28.6 Å². The molecule has 1 aliphatic rings. The van der Waals surface area contributed by atoms with Gasteiger partial charge >= 0.3 is 0 Å². The lowest BCUT2D eigenvalue weighted by Gasteiger charge is -2.28. The van der Waals surface area contributed by atoms with E-state index in [2.05, 4.69) is 5.32 Å². The summed E-state index contributed by atoms with van der Waals surface area (Å²) >= 11 is 6.26. The highest BCUT2D eigenvalue weighted by Crippen LogP contribution is 2.35. The van der Waals surface area contributed by atoms with Crippen LogP contribution in [0.3, 0.4) is 0 Å². The third-order valence-corrected chi connectivity index (χ3v) is 5.63. The van der Waals surface area contributed by atoms with E-state index in [4.69, 9.17) is 21.1 Å². The fourth-order valence-corrected chi connectivity index (χ4v) is 3.80. The lowest BCUT2D eigenvalue weighted by molar-refractivity contribution is -0.128. The van der Waals surface area contributed by atoms with Gasteiger partial charge in [0.2, 0.25) is 5.91 Å². The lowest BCUT2D eigenvalue weighted by atomic mass is 9.85. The molecule has 2 aromatic carbocycles. The average Bonchev–Trinajstić information content (AvgIpc) is 2.77. The third-order valence-electron chi connectivity index (χ3n) is 5.33. The Bertz CT molecular complexity index is 1060. The smallest absolute Gasteiger partial charge is 0.253 e. The maximum Gasteiger partial charge on any atom is 0.253 e. The molecule has 33 heavy (non-hydrogen) atoms. The number of ether oxygens (including phenoxy) is 2. The number of aliphatic hydroxyl groups is 1. The molecule has 0 unspecified atom stereocenters. The fourth-order valence-electron chi connectivity index (χ4n) is 3.53. The molecule has 0 radical (unpaired) electrons. The summed E-state index contributed by atoms with van der Waals surface area (Å²) in [4.78, 5) is 26.9. The van der Waals surface area contributed by atoms with Crippen LogP contribution in [-0.2, 0) is 14.3 Å². The van der Waals surface area contributed by atoms with E-state index in [0.29, 0.717) is 33.2 Å². The van der Waals surface area contributed by atoms with Gasteiger partial charge in [0.05, 0.1) is 11.6 Å². The highest BCUT2D eigenvalue weighted by Gasteiger charge is 2.31. The monoisotopic (exact) mass is 476 g/mol. The summed E-state index contributed by atoms with van der Waals surface area (Å²) in [5.41, 5.74) is 2.22. The number of methoxy groups -OCH3 is 1. The normalized spacial score (nSPS) is 16.9. The highest BCUT2D eigenvalue weighted by atomic mass is 35.5. The Morgan fingerprint density at radius 2 is 2.00 bits per heavy atom. The highest BCUT2D eigenvalue weighted by molar-refractivity contribution is 6.32. The number of rotatable bonds is 8. The van der Waals surface area contributed by atoms with Gasteiger partial charge in [-0.2, -0.15) is 0 Å². The van der Waals surface area contributed by atoms with E-state index in [0.717, 1.165) is 0 Å². The first-order valence-electron chi connectivity index (χ1n) is 10.3. The molecule has 2 atom stereocenters. The summed E-state index contributed by atoms with van der Waals surface area (Å²) in [6.07, 6.45) is 0.758. The van der Waals surface area contributed by atoms with Gasteiger partial charge in [-0.3, -0.25) is 9.59 Å². The van der Waals surface area contributed by atoms with Gasteiger partial charge in [0.1, 0.15) is 24.3 Å². The van der Waals surface area contributed by atoms with Crippen molar-refractivity contribution in [3.63, 3.8) is 0 Å². The predicted octanol–water partition coefficient (Wildman–Crippen LogP) is 3.64. The molecular formula is C24H26ClFN2O5. The summed E-state index contributed by atoms with van der Waals surface area (Å²) in [7, 11) is 3.06. The van der Waals surface area contributed by atoms with Crippen LogP contribution >= 0.6 is 11.6 Å². The Morgan fingerprint density at radius 1 is 1.30 bits per heavy atom. The van der Waals surface area contributed by atoms with Crippen molar-refractivity contribution in [2.24, 2.45) is 0 Å². The second-order valence-electron chi connectivity index (χ2n) is 7.87. The van der Waals surface area contributed by atoms with Gasteiger partial charge in [-0.25, -0.2) is 4.39 Å². The average molecular weight is 477 g/mol. The number of nitrogens with zero attached hydrogens (tertiary/aromatic N) is 1. The van der Waals surface area contributed by atoms with E-state index in [1.807, 2.05) is 0 Å². The minimum atomic E-state index is -0.831. The van der Waals surface area contributed by atoms with E-state index in [9.17, 15) is 19.1 Å². The van der Waals surface area contributed by atoms with Crippen molar-refractivity contribution in [2.45, 2.75) is 25.4 Å². The molecule has 176 valence electrons. The third kappa shape index (κ3) is 6.10. The number of hydrogen-bond donors (Lipinski definition) is 2. The van der Waals surface area contributed by atoms with Crippen LogP contribution in [0.2, 0.25) is 5.02 Å². The Balaban J connectivity index is 1.85. The van der Waals surface area contributed by atoms with Gasteiger partial charge in [0.15, 0.2) is 0 Å². The van der Waals surface area contributed by atoms with E-state index >= 15 is 0 Å². The van der Waals surface area contributed by atoms with Crippen molar-refractivity contribution in [3.05, 3.63) is 70.1 Å². The van der Waals surface area contributed by atoms with Crippen LogP contribution in [-0.4, -0.2) is 55.3 Å². The molecule has 0 saturated heterocycles. The molecule has 0 bridgehead atoms. The predicted molar refractivity (Wildman–Crippen MR) is 123 cm³/mol. The van der Waals surface area contributed by atoms with Crippen LogP contribution in [0.15, 0.2) is 48.2 Å². The number of anilines is 1. The van der Waals surface area contributed by atoms with Crippen molar-refractivity contribution in [1.82, 2.24) is 4.90 Å². The molecule has 0 aromatic heterocycles. The molecule has 1 heterocycles. The Morgan fingerprint density at radius 3 is 2.67 bits per heavy atom. The molecule has 9 heteroatoms. The second-order valence-corrected chi connectivity index (χ2v) is 8.28. The number of benzene rings is 2. The number of nitrogens with one attached hydrogen (secondary N) is 1. The number of aliphatic hydroxyl groups excluding tert-OH is 1. The van der Waals surface area contributed by atoms with Crippen molar-refractivity contribution in [2.75, 3.05) is 32.7 Å². The van der Waals surface area contributed by atoms with Crippen LogP contribution in [0.1, 0.15) is 23.5 Å². The number of halogens is 2. The number of hydrogen-bond acceptors (Lipinski definition) is 5. The van der Waals surface area contributed by atoms with E-state index in [1.165, 1.54) is 30.3 Å². The maximum atomic E-state index is 13.4. The zero-order valence-electron chi connectivity index (χ0n) is 18.6. The maximum absolute atomic E-state index is 13.4. The van der Waals surface area contributed by atoms with Crippen LogP contribution in [0, 0.1) is 12.7 Å². The molecule has 2 N–H and O–H groups in total. The number of amides is 2. The van der Waals surface area contributed by atoms with Gasteiger partial charge < -0.3 is 24.8 Å². The van der Waals surface area contributed by atoms with Gasteiger partial charge in [0.25, 0.3) is 5.91 Å². The standard InChI is InChI=1S/C24H26ClFN2O5/c1-14-8-20(25)22(33-13-17(29)12-32-3)10-21(14)27-24(31)19-11-28(2)23(30)9-18(19)15-4-6-16(26)7-5-15/h4-8,10-11,17-18,29H,9,12-13H2,1-3H3,(H,27,31)/t17-,18-/m0/s1. The molecular weight excluding hydrogens is 451 g/mol. The topological polar surface area (TPSA) is 88.1 Å². The Labute approximate surface area is 196 Å². The van der Waals surface area contributed by atoms with E-state index < -0.39 is 23.7 Å². The van der Waals surface area contributed by atoms with Crippen LogP contribution < -0.4 is 10.1 Å². The number of aryl methyl sites for hydroxylation is 1. The lowest BCUT2D eigenvalue weighted by Crippen LogP contribution is -2.33. The summed E-state index contributed by atoms with van der Waals surface area (Å²) in [6, 6.07) is 8.99. The van der Waals surface area contributed by atoms with Crippen molar-refractivity contribution in [3.8, 4) is 5.75 Å². The summed E-state index contributed by atoms with van der Waals surface area (Å²) in [6.45, 7) is 1.86. The number of carbonyl (C=O) groups is 2. The van der Waals surface area contributed by atoms with E-state index in [-0.39, 0.29) is 25.5 Å². The van der Waals surface area contributed by atoms with Crippen LogP contribution in [0.4, 0.5) is 10.1 Å². The van der Waals surface area contributed by atoms with Gasteiger partial charge in [-0.15, -0.1) is 0 Å². The van der Waals surface area contributed by atoms with Gasteiger partial charge in [0, 0.05) is 50.0 Å². The molecule has 7 nitrogen and oxygen atoms in total. The zero-order chi connectivity index (χ0) is 24.1. The number of carbonyl (C=O) groups excluding carboxylic acids is 2. The summed E-state index contributed by atoms with van der Waals surface area (Å²) < 4.78 is 23.9. The van der Waals surface area contributed by atoms with Crippen molar-refractivity contribution >= 4 is 29.1 Å². The molecule has 0 aliphatic carbocycles. The summed E-state index contributed by atoms with van der Waals surface area (Å²) in [5.74, 6) is -1.16. The first kappa shape index (κ1) is 24.7. The van der Waals surface area contributed by atoms with E-state index in [1.54, 1.807) is 38.2 Å². The quantitative estimate of drug-likeness (QED) is 0.607. The molecule has 2 aromatic rings. The molecule has 0 fully saturated rings. The second kappa shape index (κ2) is 10.8. The van der Waals surface area contributed by atoms with Crippen LogP contribution in [0.5, 0.6) is 5.75 Å². The first-order valence-corrected chi connectivity index (χ1v) is 10.7. The largest absolute Gasteiger partial charge is 0.489 e. The Hall–Kier alpha value is -2.94. The fraction of sp³-hybridized carbons (Fsp3) is 0.333. The minimum absolute atomic E-state index is 0.0330. The molecule has 0 saturated carbocycles. The zero-order valence-corrected chi connectivity index (χ0v) is 19.4. The van der Waals surface area contributed by atoms with Gasteiger partial charge in [-0.1, -0.05) is 23.7 Å². The molecule has 1 aliphatic heterocycles. The SMILES string of the molecule is COC[C@H](O)COc1cc(NC(=O)C2=CN(C)C(=O)C[C@H]2c2ccc(F)cc2)c(C)cc1Cl. The van der Waals surface area contributed by atoms with Gasteiger partial charge in [-0.05, 0) is 36.2 Å².